The van der Waals surface area contributed by atoms with Gasteiger partial charge in [0, 0.05) is 32.7 Å². The van der Waals surface area contributed by atoms with Crippen molar-refractivity contribution in [2.45, 2.75) is 12.7 Å². The topological polar surface area (TPSA) is 52.6 Å². The maximum absolute atomic E-state index is 12.6. The van der Waals surface area contributed by atoms with Crippen molar-refractivity contribution < 1.29 is 23.1 Å². The van der Waals surface area contributed by atoms with Gasteiger partial charge in [0.2, 0.25) is 0 Å². The van der Waals surface area contributed by atoms with Crippen LogP contribution < -0.4 is 5.32 Å². The van der Waals surface area contributed by atoms with E-state index in [0.717, 1.165) is 32.2 Å². The van der Waals surface area contributed by atoms with Gasteiger partial charge in [0.25, 0.3) is 0 Å². The Balaban J connectivity index is 2.25. The Kier molecular flexibility index (Phi) is 4.29. The van der Waals surface area contributed by atoms with E-state index in [9.17, 15) is 18.0 Å². The summed E-state index contributed by atoms with van der Waals surface area (Å²) in [7, 11) is 0. The smallest absolute Gasteiger partial charge is 0.416 e. The average molecular weight is 288 g/mol. The first-order chi connectivity index (χ1) is 9.38. The van der Waals surface area contributed by atoms with E-state index >= 15 is 0 Å². The molecule has 7 heteroatoms. The zero-order chi connectivity index (χ0) is 14.8. The second-order valence-electron chi connectivity index (χ2n) is 4.70. The highest BCUT2D eigenvalue weighted by Crippen LogP contribution is 2.30. The maximum atomic E-state index is 12.6. The number of rotatable bonds is 3. The first-order valence-corrected chi connectivity index (χ1v) is 6.24. The highest BCUT2D eigenvalue weighted by atomic mass is 19.4. The third-order valence-electron chi connectivity index (χ3n) is 3.27. The second-order valence-corrected chi connectivity index (χ2v) is 4.70. The molecule has 0 aromatic heterocycles. The Labute approximate surface area is 114 Å². The van der Waals surface area contributed by atoms with Crippen LogP contribution in [0.4, 0.5) is 13.2 Å². The lowest BCUT2D eigenvalue weighted by Gasteiger charge is -2.27. The third-order valence-corrected chi connectivity index (χ3v) is 3.27. The minimum absolute atomic E-state index is 0.279. The standard InChI is InChI=1S/C13H15F3N2O2/c14-13(15,16)10-2-1-9(11(7-10)12(19)20)8-18-5-3-17-4-6-18/h1-2,7,17H,3-6,8H2,(H,19,20). The zero-order valence-electron chi connectivity index (χ0n) is 10.7. The fourth-order valence-electron chi connectivity index (χ4n) is 2.20. The highest BCUT2D eigenvalue weighted by molar-refractivity contribution is 5.89. The van der Waals surface area contributed by atoms with Crippen LogP contribution in [-0.2, 0) is 12.7 Å². The first-order valence-electron chi connectivity index (χ1n) is 6.24. The number of piperazine rings is 1. The molecule has 1 aromatic rings. The number of nitrogens with zero attached hydrogens (tertiary/aromatic N) is 1. The molecule has 1 fully saturated rings. The second kappa shape index (κ2) is 5.80. The van der Waals surface area contributed by atoms with Gasteiger partial charge < -0.3 is 10.4 Å². The number of carbonyl (C=O) groups is 1. The van der Waals surface area contributed by atoms with Crippen LogP contribution in [0.2, 0.25) is 0 Å². The Morgan fingerprint density at radius 3 is 2.50 bits per heavy atom. The van der Waals surface area contributed by atoms with E-state index in [1.54, 1.807) is 0 Å². The largest absolute Gasteiger partial charge is 0.478 e. The molecule has 20 heavy (non-hydrogen) atoms. The van der Waals surface area contributed by atoms with Crippen LogP contribution in [-0.4, -0.2) is 42.2 Å². The van der Waals surface area contributed by atoms with Crippen LogP contribution in [0, 0.1) is 0 Å². The summed E-state index contributed by atoms with van der Waals surface area (Å²) in [6, 6.07) is 2.90. The SMILES string of the molecule is O=C(O)c1cc(C(F)(F)F)ccc1CN1CCNCC1. The van der Waals surface area contributed by atoms with Crippen molar-refractivity contribution in [3.05, 3.63) is 34.9 Å². The van der Waals surface area contributed by atoms with Gasteiger partial charge in [-0.25, -0.2) is 4.79 Å². The molecule has 2 rings (SSSR count). The summed E-state index contributed by atoms with van der Waals surface area (Å²) in [5.41, 5.74) is -0.801. The number of hydrogen-bond acceptors (Lipinski definition) is 3. The minimum Gasteiger partial charge on any atom is -0.478 e. The van der Waals surface area contributed by atoms with Crippen molar-refractivity contribution in [2.24, 2.45) is 0 Å². The van der Waals surface area contributed by atoms with Crippen molar-refractivity contribution in [1.82, 2.24) is 10.2 Å². The number of aromatic carboxylic acids is 1. The molecule has 1 saturated heterocycles. The van der Waals surface area contributed by atoms with E-state index in [2.05, 4.69) is 5.32 Å². The molecule has 1 aliphatic rings. The van der Waals surface area contributed by atoms with E-state index in [1.807, 2.05) is 4.90 Å². The Morgan fingerprint density at radius 2 is 1.95 bits per heavy atom. The molecule has 1 aromatic carbocycles. The summed E-state index contributed by atoms with van der Waals surface area (Å²) in [5, 5.41) is 12.2. The highest BCUT2D eigenvalue weighted by Gasteiger charge is 2.32. The van der Waals surface area contributed by atoms with Crippen molar-refractivity contribution in [1.29, 1.82) is 0 Å². The normalized spacial score (nSPS) is 17.1. The average Bonchev–Trinajstić information content (AvgIpc) is 2.38. The van der Waals surface area contributed by atoms with Gasteiger partial charge in [-0.1, -0.05) is 6.07 Å². The Hall–Kier alpha value is -1.60. The van der Waals surface area contributed by atoms with E-state index in [4.69, 9.17) is 5.11 Å². The summed E-state index contributed by atoms with van der Waals surface area (Å²) >= 11 is 0. The number of nitrogens with one attached hydrogen (secondary N) is 1. The Bertz CT molecular complexity index is 497. The molecule has 0 bridgehead atoms. The molecule has 0 unspecified atom stereocenters. The molecule has 0 atom stereocenters. The van der Waals surface area contributed by atoms with Gasteiger partial charge in [-0.15, -0.1) is 0 Å². The fourth-order valence-corrected chi connectivity index (χ4v) is 2.20. The summed E-state index contributed by atoms with van der Waals surface area (Å²) in [6.07, 6.45) is -4.53. The van der Waals surface area contributed by atoms with Gasteiger partial charge in [-0.3, -0.25) is 4.90 Å². The molecule has 0 aliphatic carbocycles. The van der Waals surface area contributed by atoms with Gasteiger partial charge in [-0.05, 0) is 17.7 Å². The van der Waals surface area contributed by atoms with Crippen LogP contribution in [0.15, 0.2) is 18.2 Å². The molecule has 0 radical (unpaired) electrons. The molecule has 1 heterocycles. The maximum Gasteiger partial charge on any atom is 0.416 e. The lowest BCUT2D eigenvalue weighted by atomic mass is 10.0. The molecule has 2 N–H and O–H groups in total. The van der Waals surface area contributed by atoms with Crippen LogP contribution >= 0.6 is 0 Å². The monoisotopic (exact) mass is 288 g/mol. The van der Waals surface area contributed by atoms with Crippen molar-refractivity contribution in [3.63, 3.8) is 0 Å². The van der Waals surface area contributed by atoms with Gasteiger partial charge >= 0.3 is 12.1 Å². The fraction of sp³-hybridized carbons (Fsp3) is 0.462. The minimum atomic E-state index is -4.53. The first kappa shape index (κ1) is 14.8. The zero-order valence-corrected chi connectivity index (χ0v) is 10.7. The van der Waals surface area contributed by atoms with Crippen molar-refractivity contribution >= 4 is 5.97 Å². The summed E-state index contributed by atoms with van der Waals surface area (Å²) < 4.78 is 37.8. The molecule has 110 valence electrons. The number of carboxylic acids is 1. The molecular weight excluding hydrogens is 273 g/mol. The lowest BCUT2D eigenvalue weighted by molar-refractivity contribution is -0.137. The summed E-state index contributed by atoms with van der Waals surface area (Å²) in [4.78, 5) is 13.2. The Morgan fingerprint density at radius 1 is 1.30 bits per heavy atom. The molecule has 0 amide bonds. The number of alkyl halides is 3. The lowest BCUT2D eigenvalue weighted by Crippen LogP contribution is -2.43. The van der Waals surface area contributed by atoms with E-state index in [1.165, 1.54) is 6.07 Å². The predicted octanol–water partition coefficient (Wildman–Crippen LogP) is 1.81. The molecule has 4 nitrogen and oxygen atoms in total. The van der Waals surface area contributed by atoms with Gasteiger partial charge in [0.1, 0.15) is 0 Å². The van der Waals surface area contributed by atoms with Gasteiger partial charge in [0.15, 0.2) is 0 Å². The van der Waals surface area contributed by atoms with Crippen LogP contribution in [0.25, 0.3) is 0 Å². The van der Waals surface area contributed by atoms with Crippen molar-refractivity contribution in [3.8, 4) is 0 Å². The quantitative estimate of drug-likeness (QED) is 0.890. The molecule has 0 saturated carbocycles. The van der Waals surface area contributed by atoms with Crippen LogP contribution in [0.5, 0.6) is 0 Å². The van der Waals surface area contributed by atoms with Crippen molar-refractivity contribution in [2.75, 3.05) is 26.2 Å². The van der Waals surface area contributed by atoms with E-state index < -0.39 is 17.7 Å². The van der Waals surface area contributed by atoms with E-state index in [0.29, 0.717) is 18.2 Å². The molecule has 1 aliphatic heterocycles. The number of benzene rings is 1. The molecular formula is C13H15F3N2O2. The van der Waals surface area contributed by atoms with Gasteiger partial charge in [0.05, 0.1) is 11.1 Å². The number of halogens is 3. The molecule has 0 spiro atoms. The number of hydrogen-bond donors (Lipinski definition) is 2. The van der Waals surface area contributed by atoms with E-state index in [-0.39, 0.29) is 5.56 Å². The summed E-state index contributed by atoms with van der Waals surface area (Å²) in [6.45, 7) is 3.44. The summed E-state index contributed by atoms with van der Waals surface area (Å²) in [5.74, 6) is -1.33. The van der Waals surface area contributed by atoms with Gasteiger partial charge in [-0.2, -0.15) is 13.2 Å². The van der Waals surface area contributed by atoms with Crippen LogP contribution in [0.3, 0.4) is 0 Å². The number of carboxylic acid groups (broad SMARTS) is 1. The third kappa shape index (κ3) is 3.49. The predicted molar refractivity (Wildman–Crippen MR) is 66.6 cm³/mol. The van der Waals surface area contributed by atoms with Crippen LogP contribution in [0.1, 0.15) is 21.5 Å².